The molecule has 1 aromatic heterocycles. The van der Waals surface area contributed by atoms with Crippen molar-refractivity contribution in [3.05, 3.63) is 114 Å². The number of nitrogens with zero attached hydrogens (tertiary/aromatic N) is 1. The Morgan fingerprint density at radius 3 is 1.35 bits per heavy atom. The van der Waals surface area contributed by atoms with E-state index in [1.54, 1.807) is 0 Å². The van der Waals surface area contributed by atoms with Crippen molar-refractivity contribution in [2.75, 3.05) is 0 Å². The van der Waals surface area contributed by atoms with E-state index in [1.165, 1.54) is 18.2 Å². The molecule has 268 valence electrons. The average Bonchev–Trinajstić information content (AvgIpc) is 3.51. The van der Waals surface area contributed by atoms with E-state index >= 15 is 0 Å². The molecule has 0 aliphatic heterocycles. The van der Waals surface area contributed by atoms with Crippen LogP contribution < -0.4 is 0 Å². The first-order chi connectivity index (χ1) is 25.9. The fourth-order valence-electron chi connectivity index (χ4n) is 7.01. The summed E-state index contributed by atoms with van der Waals surface area (Å²) in [5.41, 5.74) is 4.07. The third-order valence-corrected chi connectivity index (χ3v) is 10.0. The summed E-state index contributed by atoms with van der Waals surface area (Å²) in [6.45, 7) is 0. The van der Waals surface area contributed by atoms with Gasteiger partial charge >= 0.3 is 0 Å². The van der Waals surface area contributed by atoms with Crippen molar-refractivity contribution in [3.63, 3.8) is 0 Å². The average molecular weight is 787 g/mol. The Kier molecular flexibility index (Phi) is 7.85. The van der Waals surface area contributed by atoms with Gasteiger partial charge in [0.05, 0.1) is 22.2 Å². The SMILES string of the molecule is Oc1c(O)c(O)c(-c2cc(-c3c(O)c(O)c(O)c(O)c3O)cc(-n3c4ccccc4c4ccc(-c5ccccc5-c5cccc(Br)c5)cc43)c2)c(O)c1O. The van der Waals surface area contributed by atoms with Crippen molar-refractivity contribution in [1.29, 1.82) is 0 Å². The lowest BCUT2D eigenvalue weighted by atomic mass is 9.93. The summed E-state index contributed by atoms with van der Waals surface area (Å²) >= 11 is 3.57. The van der Waals surface area contributed by atoms with Gasteiger partial charge in [-0.3, -0.25) is 0 Å². The van der Waals surface area contributed by atoms with Crippen LogP contribution in [0.3, 0.4) is 0 Å². The van der Waals surface area contributed by atoms with Gasteiger partial charge in [-0.05, 0) is 75.8 Å². The van der Waals surface area contributed by atoms with Crippen LogP contribution in [0.2, 0.25) is 0 Å². The maximum atomic E-state index is 11.0. The van der Waals surface area contributed by atoms with Gasteiger partial charge in [0.15, 0.2) is 23.0 Å². The minimum Gasteiger partial charge on any atom is -0.504 e. The Morgan fingerprint density at radius 2 is 0.815 bits per heavy atom. The Labute approximate surface area is 313 Å². The number of aromatic hydroxyl groups is 10. The lowest BCUT2D eigenvalue weighted by Crippen LogP contribution is -1.97. The first-order valence-corrected chi connectivity index (χ1v) is 17.1. The van der Waals surface area contributed by atoms with E-state index in [-0.39, 0.29) is 16.8 Å². The zero-order valence-corrected chi connectivity index (χ0v) is 29.3. The summed E-state index contributed by atoms with van der Waals surface area (Å²) in [5.74, 6) is -10.9. The normalized spacial score (nSPS) is 11.4. The van der Waals surface area contributed by atoms with E-state index < -0.39 is 68.6 Å². The highest BCUT2D eigenvalue weighted by Crippen LogP contribution is 2.58. The van der Waals surface area contributed by atoms with Crippen LogP contribution in [-0.4, -0.2) is 55.6 Å². The van der Waals surface area contributed by atoms with Crippen molar-refractivity contribution in [2.45, 2.75) is 0 Å². The number of halogens is 1. The molecule has 54 heavy (non-hydrogen) atoms. The van der Waals surface area contributed by atoms with E-state index in [4.69, 9.17) is 0 Å². The number of aromatic nitrogens is 1. The largest absolute Gasteiger partial charge is 0.504 e. The molecular weight excluding hydrogens is 758 g/mol. The van der Waals surface area contributed by atoms with Gasteiger partial charge in [-0.15, -0.1) is 0 Å². The van der Waals surface area contributed by atoms with Gasteiger partial charge in [0.2, 0.25) is 34.5 Å². The summed E-state index contributed by atoms with van der Waals surface area (Å²) in [6.07, 6.45) is 0. The third-order valence-electron chi connectivity index (χ3n) is 9.54. The fourth-order valence-corrected chi connectivity index (χ4v) is 7.40. The second-order valence-electron chi connectivity index (χ2n) is 12.6. The van der Waals surface area contributed by atoms with E-state index in [1.807, 2.05) is 95.6 Å². The molecule has 0 aliphatic rings. The van der Waals surface area contributed by atoms with Crippen molar-refractivity contribution in [1.82, 2.24) is 4.57 Å². The topological polar surface area (TPSA) is 207 Å². The minimum absolute atomic E-state index is 0.115. The molecule has 0 bridgehead atoms. The lowest BCUT2D eigenvalue weighted by Gasteiger charge is -2.18. The first-order valence-electron chi connectivity index (χ1n) is 16.3. The van der Waals surface area contributed by atoms with Gasteiger partial charge < -0.3 is 55.6 Å². The predicted octanol–water partition coefficient (Wildman–Crippen LogP) is 9.27. The Hall–Kier alpha value is -7.18. The standard InChI is InChI=1S/C42H28BrNO10/c43-23-7-5-6-19(15-23)25-8-1-2-9-26(25)20-12-13-28-27-10-3-4-11-29(27)44(30(28)18-20)24-16-21(31-33(45)37(49)41(53)38(50)34(31)46)14-22(17-24)32-35(47)39(51)42(54)40(52)36(32)48/h1-18,45-54H. The smallest absolute Gasteiger partial charge is 0.208 e. The lowest BCUT2D eigenvalue weighted by molar-refractivity contribution is 0.330. The van der Waals surface area contributed by atoms with Gasteiger partial charge in [-0.25, -0.2) is 0 Å². The van der Waals surface area contributed by atoms with Gasteiger partial charge in [-0.2, -0.15) is 0 Å². The number of fused-ring (bicyclic) bond motifs is 3. The molecule has 11 nitrogen and oxygen atoms in total. The molecule has 8 rings (SSSR count). The van der Waals surface area contributed by atoms with E-state index in [0.29, 0.717) is 11.0 Å². The van der Waals surface area contributed by atoms with E-state index in [9.17, 15) is 51.1 Å². The summed E-state index contributed by atoms with van der Waals surface area (Å²) in [6, 6.07) is 33.5. The highest BCUT2D eigenvalue weighted by Gasteiger charge is 2.29. The molecule has 7 aromatic carbocycles. The van der Waals surface area contributed by atoms with Crippen LogP contribution in [0.5, 0.6) is 57.5 Å². The monoisotopic (exact) mass is 785 g/mol. The number of para-hydroxylation sites is 1. The van der Waals surface area contributed by atoms with E-state index in [2.05, 4.69) is 15.9 Å². The second kappa shape index (κ2) is 12.5. The van der Waals surface area contributed by atoms with Crippen molar-refractivity contribution < 1.29 is 51.1 Å². The highest BCUT2D eigenvalue weighted by molar-refractivity contribution is 9.10. The number of hydrogen-bond acceptors (Lipinski definition) is 10. The molecule has 0 unspecified atom stereocenters. The molecule has 0 aliphatic carbocycles. The minimum atomic E-state index is -1.17. The summed E-state index contributed by atoms with van der Waals surface area (Å²) < 4.78 is 2.76. The molecule has 0 spiro atoms. The number of phenolic OH excluding ortho intramolecular Hbond substituents is 10. The molecule has 0 saturated heterocycles. The first kappa shape index (κ1) is 33.9. The van der Waals surface area contributed by atoms with Crippen LogP contribution in [-0.2, 0) is 0 Å². The molecular formula is C42H28BrNO10. The fraction of sp³-hybridized carbons (Fsp3) is 0. The zero-order valence-electron chi connectivity index (χ0n) is 27.7. The third kappa shape index (κ3) is 5.11. The summed E-state index contributed by atoms with van der Waals surface area (Å²) in [5, 5.41) is 108. The summed E-state index contributed by atoms with van der Waals surface area (Å²) in [4.78, 5) is 0. The van der Waals surface area contributed by atoms with Gasteiger partial charge in [0.1, 0.15) is 0 Å². The van der Waals surface area contributed by atoms with Crippen LogP contribution in [0.4, 0.5) is 0 Å². The number of phenols is 10. The number of rotatable bonds is 5. The number of benzene rings is 7. The quantitative estimate of drug-likeness (QED) is 0.0591. The zero-order chi connectivity index (χ0) is 38.2. The highest BCUT2D eigenvalue weighted by atomic mass is 79.9. The number of hydrogen-bond donors (Lipinski definition) is 10. The molecule has 0 saturated carbocycles. The Balaban J connectivity index is 1.47. The predicted molar refractivity (Wildman–Crippen MR) is 207 cm³/mol. The molecule has 8 aromatic rings. The van der Waals surface area contributed by atoms with Crippen LogP contribution in [0.1, 0.15) is 0 Å². The van der Waals surface area contributed by atoms with Crippen LogP contribution in [0.25, 0.3) is 72.0 Å². The van der Waals surface area contributed by atoms with Crippen LogP contribution in [0, 0.1) is 0 Å². The second-order valence-corrected chi connectivity index (χ2v) is 13.6. The molecule has 0 atom stereocenters. The van der Waals surface area contributed by atoms with Crippen molar-refractivity contribution in [2.24, 2.45) is 0 Å². The van der Waals surface area contributed by atoms with E-state index in [0.717, 1.165) is 37.5 Å². The van der Waals surface area contributed by atoms with Gasteiger partial charge in [0, 0.05) is 20.9 Å². The van der Waals surface area contributed by atoms with Gasteiger partial charge in [0.25, 0.3) is 0 Å². The summed E-state index contributed by atoms with van der Waals surface area (Å²) in [7, 11) is 0. The maximum absolute atomic E-state index is 11.0. The molecule has 0 amide bonds. The van der Waals surface area contributed by atoms with Gasteiger partial charge in [-0.1, -0.05) is 82.7 Å². The molecule has 12 heteroatoms. The molecule has 10 N–H and O–H groups in total. The van der Waals surface area contributed by atoms with Crippen molar-refractivity contribution >= 4 is 37.7 Å². The van der Waals surface area contributed by atoms with Crippen LogP contribution in [0.15, 0.2) is 114 Å². The molecule has 1 heterocycles. The Morgan fingerprint density at radius 1 is 0.352 bits per heavy atom. The molecule has 0 radical (unpaired) electrons. The molecule has 0 fully saturated rings. The van der Waals surface area contributed by atoms with Crippen LogP contribution >= 0.6 is 15.9 Å². The van der Waals surface area contributed by atoms with Crippen molar-refractivity contribution in [3.8, 4) is 108 Å². The maximum Gasteiger partial charge on any atom is 0.208 e. The Bertz CT molecular complexity index is 2720.